The van der Waals surface area contributed by atoms with E-state index < -0.39 is 27.9 Å². The van der Waals surface area contributed by atoms with Gasteiger partial charge in [-0.05, 0) is 43.3 Å². The van der Waals surface area contributed by atoms with Crippen LogP contribution in [0, 0.1) is 0 Å². The summed E-state index contributed by atoms with van der Waals surface area (Å²) in [5, 5.41) is 9.59. The largest absolute Gasteiger partial charge is 0.507 e. The maximum Gasteiger partial charge on any atom is 0.273 e. The summed E-state index contributed by atoms with van der Waals surface area (Å²) in [4.78, 5) is 23.9. The Balaban J connectivity index is 1.96. The van der Waals surface area contributed by atoms with E-state index in [0.717, 1.165) is 0 Å². The number of benzene rings is 2. The summed E-state index contributed by atoms with van der Waals surface area (Å²) in [6, 6.07) is 10.5. The number of phenolic OH excluding ortho intramolecular Hbond substituents is 1. The van der Waals surface area contributed by atoms with Crippen LogP contribution in [-0.4, -0.2) is 31.4 Å². The highest BCUT2D eigenvalue weighted by Crippen LogP contribution is 2.15. The van der Waals surface area contributed by atoms with E-state index in [2.05, 4.69) is 31.5 Å². The van der Waals surface area contributed by atoms with Crippen LogP contribution < -0.4 is 15.6 Å². The molecule has 1 atom stereocenters. The molecular weight excluding hydrogens is 426 g/mol. The van der Waals surface area contributed by atoms with Crippen LogP contribution in [0.2, 0.25) is 0 Å². The average Bonchev–Trinajstić information content (AvgIpc) is 2.59. The molecule has 0 unspecified atom stereocenters. The SMILES string of the molecule is C[C@@H](NS(=O)(=O)c1ccc(Br)cc1)C(=O)NNC(=O)c1ccccc1O. The second kappa shape index (κ2) is 8.30. The van der Waals surface area contributed by atoms with Gasteiger partial charge in [-0.3, -0.25) is 20.4 Å². The Morgan fingerprint density at radius 2 is 1.65 bits per heavy atom. The predicted octanol–water partition coefficient (Wildman–Crippen LogP) is 1.28. The van der Waals surface area contributed by atoms with Crippen molar-refractivity contribution in [2.24, 2.45) is 0 Å². The molecule has 0 saturated heterocycles. The van der Waals surface area contributed by atoms with E-state index in [1.165, 1.54) is 31.2 Å². The monoisotopic (exact) mass is 441 g/mol. The molecule has 0 aliphatic carbocycles. The summed E-state index contributed by atoms with van der Waals surface area (Å²) in [5.74, 6) is -1.75. The van der Waals surface area contributed by atoms with Crippen molar-refractivity contribution in [3.05, 3.63) is 58.6 Å². The number of hydrazine groups is 1. The lowest BCUT2D eigenvalue weighted by Gasteiger charge is -2.15. The summed E-state index contributed by atoms with van der Waals surface area (Å²) in [5.41, 5.74) is 4.19. The smallest absolute Gasteiger partial charge is 0.273 e. The van der Waals surface area contributed by atoms with Gasteiger partial charge >= 0.3 is 0 Å². The molecule has 0 bridgehead atoms. The molecule has 2 aromatic carbocycles. The second-order valence-electron chi connectivity index (χ2n) is 5.26. The number of phenols is 1. The summed E-state index contributed by atoms with van der Waals surface area (Å²) in [6.07, 6.45) is 0. The van der Waals surface area contributed by atoms with Gasteiger partial charge in [0, 0.05) is 4.47 Å². The maximum absolute atomic E-state index is 12.2. The topological polar surface area (TPSA) is 125 Å². The summed E-state index contributed by atoms with van der Waals surface area (Å²) in [7, 11) is -3.90. The average molecular weight is 442 g/mol. The second-order valence-corrected chi connectivity index (χ2v) is 7.89. The van der Waals surface area contributed by atoms with E-state index in [0.29, 0.717) is 4.47 Å². The minimum atomic E-state index is -3.90. The lowest BCUT2D eigenvalue weighted by atomic mass is 10.2. The van der Waals surface area contributed by atoms with Crippen LogP contribution >= 0.6 is 15.9 Å². The lowest BCUT2D eigenvalue weighted by molar-refractivity contribution is -0.123. The summed E-state index contributed by atoms with van der Waals surface area (Å²) >= 11 is 3.21. The molecule has 0 aliphatic rings. The van der Waals surface area contributed by atoms with Crippen LogP contribution in [0.4, 0.5) is 0 Å². The minimum absolute atomic E-state index is 0.00130. The quantitative estimate of drug-likeness (QED) is 0.520. The first-order valence-electron chi connectivity index (χ1n) is 7.37. The molecular formula is C16H16BrN3O5S. The molecule has 0 saturated carbocycles. The number of carbonyl (C=O) groups is 2. The number of amides is 2. The van der Waals surface area contributed by atoms with Crippen molar-refractivity contribution in [2.45, 2.75) is 17.9 Å². The van der Waals surface area contributed by atoms with Crippen molar-refractivity contribution in [3.63, 3.8) is 0 Å². The van der Waals surface area contributed by atoms with E-state index in [1.807, 2.05) is 0 Å². The van der Waals surface area contributed by atoms with Crippen molar-refractivity contribution >= 4 is 37.8 Å². The molecule has 0 fully saturated rings. The standard InChI is InChI=1S/C16H16BrN3O5S/c1-10(20-26(24,25)12-8-6-11(17)7-9-12)15(22)18-19-16(23)13-4-2-3-5-14(13)21/h2-10,20-21H,1H3,(H,18,22)(H,19,23)/t10-/m1/s1. The van der Waals surface area contributed by atoms with Crippen molar-refractivity contribution in [2.75, 3.05) is 0 Å². The van der Waals surface area contributed by atoms with Crippen LogP contribution in [0.1, 0.15) is 17.3 Å². The Kier molecular flexibility index (Phi) is 6.35. The third kappa shape index (κ3) is 5.04. The maximum atomic E-state index is 12.2. The zero-order valence-electron chi connectivity index (χ0n) is 13.6. The van der Waals surface area contributed by atoms with Crippen molar-refractivity contribution in [1.29, 1.82) is 0 Å². The van der Waals surface area contributed by atoms with E-state index in [1.54, 1.807) is 24.3 Å². The number of sulfonamides is 1. The molecule has 10 heteroatoms. The van der Waals surface area contributed by atoms with E-state index >= 15 is 0 Å². The van der Waals surface area contributed by atoms with Gasteiger partial charge in [0.15, 0.2) is 0 Å². The Morgan fingerprint density at radius 3 is 2.27 bits per heavy atom. The number of hydrogen-bond acceptors (Lipinski definition) is 5. The fourth-order valence-electron chi connectivity index (χ4n) is 1.93. The van der Waals surface area contributed by atoms with Crippen molar-refractivity contribution in [1.82, 2.24) is 15.6 Å². The van der Waals surface area contributed by atoms with Crippen molar-refractivity contribution in [3.8, 4) is 5.75 Å². The van der Waals surface area contributed by atoms with Gasteiger partial charge in [0.2, 0.25) is 10.0 Å². The van der Waals surface area contributed by atoms with E-state index in [9.17, 15) is 23.1 Å². The van der Waals surface area contributed by atoms with Gasteiger partial charge < -0.3 is 5.11 Å². The first-order valence-corrected chi connectivity index (χ1v) is 9.64. The Bertz CT molecular complexity index is 916. The summed E-state index contributed by atoms with van der Waals surface area (Å²) < 4.78 is 27.4. The Morgan fingerprint density at radius 1 is 1.04 bits per heavy atom. The zero-order valence-corrected chi connectivity index (χ0v) is 16.0. The number of carbonyl (C=O) groups excluding carboxylic acids is 2. The zero-order chi connectivity index (χ0) is 19.3. The molecule has 2 rings (SSSR count). The van der Waals surface area contributed by atoms with Crippen LogP contribution in [-0.2, 0) is 14.8 Å². The Hall–Kier alpha value is -2.43. The molecule has 0 aliphatic heterocycles. The lowest BCUT2D eigenvalue weighted by Crippen LogP contribution is -2.51. The number of nitrogens with one attached hydrogen (secondary N) is 3. The number of aromatic hydroxyl groups is 1. The Labute approximate surface area is 158 Å². The fraction of sp³-hybridized carbons (Fsp3) is 0.125. The van der Waals surface area contributed by atoms with Gasteiger partial charge in [0.25, 0.3) is 11.8 Å². The molecule has 0 radical (unpaired) electrons. The molecule has 0 spiro atoms. The molecule has 2 amide bonds. The molecule has 0 aromatic heterocycles. The fourth-order valence-corrected chi connectivity index (χ4v) is 3.39. The molecule has 0 heterocycles. The van der Waals surface area contributed by atoms with E-state index in [4.69, 9.17) is 0 Å². The highest BCUT2D eigenvalue weighted by atomic mass is 79.9. The number of hydrogen-bond donors (Lipinski definition) is 4. The first kappa shape index (κ1) is 19.9. The molecule has 26 heavy (non-hydrogen) atoms. The molecule has 4 N–H and O–H groups in total. The van der Waals surface area contributed by atoms with Crippen LogP contribution in [0.25, 0.3) is 0 Å². The van der Waals surface area contributed by atoms with Gasteiger partial charge in [-0.1, -0.05) is 28.1 Å². The number of rotatable bonds is 5. The normalized spacial score (nSPS) is 12.2. The van der Waals surface area contributed by atoms with Crippen LogP contribution in [0.5, 0.6) is 5.75 Å². The summed E-state index contributed by atoms with van der Waals surface area (Å²) in [6.45, 7) is 1.33. The van der Waals surface area contributed by atoms with Gasteiger partial charge in [-0.25, -0.2) is 8.42 Å². The van der Waals surface area contributed by atoms with Crippen LogP contribution in [0.3, 0.4) is 0 Å². The van der Waals surface area contributed by atoms with E-state index in [-0.39, 0.29) is 16.2 Å². The van der Waals surface area contributed by atoms with Crippen molar-refractivity contribution < 1.29 is 23.1 Å². The molecule has 138 valence electrons. The first-order chi connectivity index (χ1) is 12.2. The molecule has 2 aromatic rings. The highest BCUT2D eigenvalue weighted by Gasteiger charge is 2.22. The van der Waals surface area contributed by atoms with Gasteiger partial charge in [-0.15, -0.1) is 0 Å². The third-order valence-electron chi connectivity index (χ3n) is 3.30. The number of halogens is 1. The van der Waals surface area contributed by atoms with Crippen LogP contribution in [0.15, 0.2) is 57.9 Å². The minimum Gasteiger partial charge on any atom is -0.507 e. The van der Waals surface area contributed by atoms with Gasteiger partial charge in [0.1, 0.15) is 5.75 Å². The highest BCUT2D eigenvalue weighted by molar-refractivity contribution is 9.10. The third-order valence-corrected chi connectivity index (χ3v) is 5.38. The van der Waals surface area contributed by atoms with Gasteiger partial charge in [-0.2, -0.15) is 4.72 Å². The molecule has 8 nitrogen and oxygen atoms in total. The number of para-hydroxylation sites is 1. The van der Waals surface area contributed by atoms with Gasteiger partial charge in [0.05, 0.1) is 16.5 Å². The predicted molar refractivity (Wildman–Crippen MR) is 97.6 cm³/mol.